The molecule has 1 heterocycles. The second-order valence-corrected chi connectivity index (χ2v) is 5.45. The minimum atomic E-state index is -0.502. The summed E-state index contributed by atoms with van der Waals surface area (Å²) in [4.78, 5) is 27.1. The number of halogens is 1. The zero-order valence-electron chi connectivity index (χ0n) is 10.5. The minimum absolute atomic E-state index is 0.0754. The number of rotatable bonds is 5. The van der Waals surface area contributed by atoms with Crippen LogP contribution in [-0.4, -0.2) is 38.6 Å². The summed E-state index contributed by atoms with van der Waals surface area (Å²) in [5.41, 5.74) is 0.216. The molecule has 7 heteroatoms. The van der Waals surface area contributed by atoms with Gasteiger partial charge in [0.2, 0.25) is 0 Å². The van der Waals surface area contributed by atoms with Crippen LogP contribution in [0.4, 0.5) is 5.69 Å². The van der Waals surface area contributed by atoms with Crippen LogP contribution in [0.15, 0.2) is 12.3 Å². The van der Waals surface area contributed by atoms with Crippen molar-refractivity contribution < 1.29 is 9.72 Å². The first kappa shape index (κ1) is 14.0. The fraction of sp³-hybridized carbons (Fsp3) is 0.583. The second-order valence-electron chi connectivity index (χ2n) is 4.65. The molecule has 1 fully saturated rings. The van der Waals surface area contributed by atoms with E-state index in [-0.39, 0.29) is 17.6 Å². The Hall–Kier alpha value is -1.37. The summed E-state index contributed by atoms with van der Waals surface area (Å²) in [7, 11) is 0. The monoisotopic (exact) mass is 329 g/mol. The van der Waals surface area contributed by atoms with E-state index >= 15 is 0 Å². The molecule has 0 spiro atoms. The van der Waals surface area contributed by atoms with Crippen LogP contribution in [-0.2, 0) is 0 Å². The average molecular weight is 330 g/mol. The van der Waals surface area contributed by atoms with Crippen molar-refractivity contribution in [1.29, 1.82) is 0 Å². The summed E-state index contributed by atoms with van der Waals surface area (Å²) in [6.07, 6.45) is 5.57. The molecule has 1 N–H and O–H groups in total. The Morgan fingerprint density at radius 1 is 1.53 bits per heavy atom. The Bertz CT molecular complexity index is 469. The Labute approximate surface area is 119 Å². The Morgan fingerprint density at radius 2 is 2.21 bits per heavy atom. The molecule has 0 aliphatic heterocycles. The molecule has 0 aromatic carbocycles. The molecule has 1 aromatic rings. The van der Waals surface area contributed by atoms with Gasteiger partial charge >= 0.3 is 0 Å². The average Bonchev–Trinajstić information content (AvgIpc) is 3.05. The topological polar surface area (TPSA) is 79.2 Å². The maximum Gasteiger partial charge on any atom is 0.287 e. The smallest absolute Gasteiger partial charge is 0.287 e. The number of nitrogens with one attached hydrogen (secondary N) is 1. The number of nitro groups is 1. The molecule has 1 amide bonds. The fourth-order valence-corrected chi connectivity index (χ4v) is 2.91. The van der Waals surface area contributed by atoms with Crippen molar-refractivity contribution in [2.75, 3.05) is 11.9 Å². The third-order valence-electron chi connectivity index (χ3n) is 3.46. The number of hydrogen-bond donors (Lipinski definition) is 1. The van der Waals surface area contributed by atoms with Crippen molar-refractivity contribution in [2.45, 2.75) is 31.7 Å². The molecule has 0 saturated heterocycles. The highest BCUT2D eigenvalue weighted by Gasteiger charge is 2.28. The lowest BCUT2D eigenvalue weighted by Gasteiger charge is -2.27. The summed E-state index contributed by atoms with van der Waals surface area (Å²) in [6.45, 7) is 0.621. The Kier molecular flexibility index (Phi) is 4.57. The predicted molar refractivity (Wildman–Crippen MR) is 74.5 cm³/mol. The third-order valence-corrected chi connectivity index (χ3v) is 3.82. The lowest BCUT2D eigenvalue weighted by atomic mass is 10.2. The number of amides is 1. The van der Waals surface area contributed by atoms with Gasteiger partial charge in [-0.3, -0.25) is 14.9 Å². The van der Waals surface area contributed by atoms with Crippen molar-refractivity contribution in [3.63, 3.8) is 0 Å². The quantitative estimate of drug-likeness (QED) is 0.512. The molecule has 1 aromatic heterocycles. The van der Waals surface area contributed by atoms with Crippen molar-refractivity contribution in [3.8, 4) is 0 Å². The predicted octanol–water partition coefficient (Wildman–Crippen LogP) is 2.70. The number of carbonyl (C=O) groups excluding carboxylic acids is 1. The number of aromatic nitrogens is 1. The van der Waals surface area contributed by atoms with Gasteiger partial charge in [-0.15, -0.1) is 0 Å². The molecule has 0 bridgehead atoms. The highest BCUT2D eigenvalue weighted by molar-refractivity contribution is 9.09. The molecule has 104 valence electrons. The molecular weight excluding hydrogens is 314 g/mol. The van der Waals surface area contributed by atoms with Gasteiger partial charge in [-0.05, 0) is 12.8 Å². The lowest BCUT2D eigenvalue weighted by molar-refractivity contribution is -0.384. The standard InChI is InChI=1S/C12H16BrN3O3/c13-5-6-15(9-3-1-2-4-9)12(17)11-7-10(8-14-11)16(18)19/h7-9,14H,1-6H2. The van der Waals surface area contributed by atoms with Gasteiger partial charge in [-0.25, -0.2) is 0 Å². The van der Waals surface area contributed by atoms with Gasteiger partial charge in [0.15, 0.2) is 0 Å². The van der Waals surface area contributed by atoms with Gasteiger partial charge in [0, 0.05) is 24.0 Å². The third kappa shape index (κ3) is 3.15. The van der Waals surface area contributed by atoms with E-state index in [1.165, 1.54) is 12.3 Å². The molecular formula is C12H16BrN3O3. The van der Waals surface area contributed by atoms with Crippen molar-refractivity contribution >= 4 is 27.5 Å². The SMILES string of the molecule is O=C(c1cc([N+](=O)[O-])c[nH]1)N(CCBr)C1CCCC1. The van der Waals surface area contributed by atoms with Crippen molar-refractivity contribution in [2.24, 2.45) is 0 Å². The minimum Gasteiger partial charge on any atom is -0.351 e. The van der Waals surface area contributed by atoms with E-state index in [4.69, 9.17) is 0 Å². The Morgan fingerprint density at radius 3 is 2.74 bits per heavy atom. The van der Waals surface area contributed by atoms with Crippen molar-refractivity contribution in [3.05, 3.63) is 28.1 Å². The molecule has 6 nitrogen and oxygen atoms in total. The first-order valence-corrected chi connectivity index (χ1v) is 7.45. The van der Waals surface area contributed by atoms with Crippen LogP contribution >= 0.6 is 15.9 Å². The summed E-state index contributed by atoms with van der Waals surface area (Å²) < 4.78 is 0. The first-order valence-electron chi connectivity index (χ1n) is 6.33. The fourth-order valence-electron chi connectivity index (χ4n) is 2.52. The van der Waals surface area contributed by atoms with E-state index in [9.17, 15) is 14.9 Å². The number of hydrogen-bond acceptors (Lipinski definition) is 3. The van der Waals surface area contributed by atoms with Gasteiger partial charge < -0.3 is 9.88 Å². The van der Waals surface area contributed by atoms with Gasteiger partial charge in [0.25, 0.3) is 11.6 Å². The van der Waals surface area contributed by atoms with Crippen LogP contribution in [0.25, 0.3) is 0 Å². The lowest BCUT2D eigenvalue weighted by Crippen LogP contribution is -2.40. The molecule has 19 heavy (non-hydrogen) atoms. The normalized spacial score (nSPS) is 15.6. The molecule has 1 aliphatic carbocycles. The van der Waals surface area contributed by atoms with Crippen LogP contribution in [0.5, 0.6) is 0 Å². The van der Waals surface area contributed by atoms with Gasteiger partial charge in [0.1, 0.15) is 5.69 Å². The largest absolute Gasteiger partial charge is 0.351 e. The molecule has 0 unspecified atom stereocenters. The molecule has 1 saturated carbocycles. The number of nitrogens with zero attached hydrogens (tertiary/aromatic N) is 2. The van der Waals surface area contributed by atoms with Crippen LogP contribution in [0.3, 0.4) is 0 Å². The van der Waals surface area contributed by atoms with Crippen molar-refractivity contribution in [1.82, 2.24) is 9.88 Å². The summed E-state index contributed by atoms with van der Waals surface area (Å²) in [5.74, 6) is -0.153. The number of aromatic amines is 1. The molecule has 0 atom stereocenters. The number of alkyl halides is 1. The van der Waals surface area contributed by atoms with E-state index in [1.807, 2.05) is 4.90 Å². The molecule has 2 rings (SSSR count). The molecule has 0 radical (unpaired) electrons. The zero-order chi connectivity index (χ0) is 13.8. The van der Waals surface area contributed by atoms with Gasteiger partial charge in [-0.2, -0.15) is 0 Å². The highest BCUT2D eigenvalue weighted by atomic mass is 79.9. The van der Waals surface area contributed by atoms with E-state index < -0.39 is 4.92 Å². The van der Waals surface area contributed by atoms with E-state index in [1.54, 1.807) is 0 Å². The zero-order valence-corrected chi connectivity index (χ0v) is 12.1. The van der Waals surface area contributed by atoms with Gasteiger partial charge in [-0.1, -0.05) is 28.8 Å². The van der Waals surface area contributed by atoms with E-state index in [2.05, 4.69) is 20.9 Å². The van der Waals surface area contributed by atoms with Crippen LogP contribution in [0.2, 0.25) is 0 Å². The number of H-pyrrole nitrogens is 1. The summed E-state index contributed by atoms with van der Waals surface area (Å²) >= 11 is 3.35. The molecule has 1 aliphatic rings. The van der Waals surface area contributed by atoms with E-state index in [0.29, 0.717) is 17.6 Å². The number of carbonyl (C=O) groups is 1. The maximum atomic E-state index is 12.4. The van der Waals surface area contributed by atoms with E-state index in [0.717, 1.165) is 25.7 Å². The summed E-state index contributed by atoms with van der Waals surface area (Å²) in [6, 6.07) is 1.56. The van der Waals surface area contributed by atoms with Crippen LogP contribution < -0.4 is 0 Å². The Balaban J connectivity index is 2.15. The highest BCUT2D eigenvalue weighted by Crippen LogP contribution is 2.25. The van der Waals surface area contributed by atoms with Crippen LogP contribution in [0, 0.1) is 10.1 Å². The maximum absolute atomic E-state index is 12.4. The van der Waals surface area contributed by atoms with Gasteiger partial charge in [0.05, 0.1) is 11.1 Å². The summed E-state index contributed by atoms with van der Waals surface area (Å²) in [5, 5.41) is 11.3. The first-order chi connectivity index (χ1) is 9.13. The van der Waals surface area contributed by atoms with Crippen LogP contribution in [0.1, 0.15) is 36.2 Å². The second kappa shape index (κ2) is 6.18.